The maximum absolute atomic E-state index is 13.9. The highest BCUT2D eigenvalue weighted by atomic mass is 32.2. The first-order valence-corrected chi connectivity index (χ1v) is 14.1. The number of nitrogens with zero attached hydrogens (tertiary/aromatic N) is 2. The Morgan fingerprint density at radius 3 is 2.17 bits per heavy atom. The molecule has 0 aliphatic heterocycles. The minimum atomic E-state index is -4.55. The maximum Gasteiger partial charge on any atom is 0.407 e. The zero-order valence-corrected chi connectivity index (χ0v) is 22.8. The Kier molecular flexibility index (Phi) is 8.74. The molecule has 0 amide bonds. The third-order valence-corrected chi connectivity index (χ3v) is 7.60. The van der Waals surface area contributed by atoms with Gasteiger partial charge in [-0.2, -0.15) is 13.2 Å². The normalized spacial score (nSPS) is 14.6. The Hall–Kier alpha value is -3.58. The molecule has 0 fully saturated rings. The van der Waals surface area contributed by atoms with Crippen LogP contribution in [0.3, 0.4) is 0 Å². The van der Waals surface area contributed by atoms with Gasteiger partial charge in [-0.3, -0.25) is 5.32 Å². The Bertz CT molecular complexity index is 1530. The summed E-state index contributed by atoms with van der Waals surface area (Å²) in [6, 6.07) is 19.8. The maximum atomic E-state index is 13.9. The van der Waals surface area contributed by atoms with Crippen molar-refractivity contribution < 1.29 is 26.0 Å². The molecule has 4 rings (SSSR count). The van der Waals surface area contributed by atoms with Crippen LogP contribution in [0, 0.1) is 0 Å². The molecule has 12 heteroatoms. The van der Waals surface area contributed by atoms with Gasteiger partial charge in [0.2, 0.25) is 21.8 Å². The molecule has 40 heavy (non-hydrogen) atoms. The number of aromatic nitrogens is 2. The molecule has 8 nitrogen and oxygen atoms in total. The molecule has 0 saturated carbocycles. The molecular weight excluding hydrogens is 543 g/mol. The Morgan fingerprint density at radius 1 is 0.925 bits per heavy atom. The fraction of sp³-hybridized carbons (Fsp3) is 0.286. The number of sulfonamides is 1. The molecular formula is C28H30F3N5O3S. The van der Waals surface area contributed by atoms with Crippen LogP contribution in [-0.2, 0) is 34.3 Å². The molecule has 4 aromatic rings. The van der Waals surface area contributed by atoms with E-state index in [1.54, 1.807) is 25.1 Å². The van der Waals surface area contributed by atoms with E-state index in [4.69, 9.17) is 10.2 Å². The number of halogens is 3. The topological polar surface area (TPSA) is 123 Å². The number of hydrogen-bond donors (Lipinski definition) is 3. The van der Waals surface area contributed by atoms with Crippen molar-refractivity contribution in [3.8, 4) is 11.5 Å². The minimum Gasteiger partial charge on any atom is -0.419 e. The number of hydrogen-bond acceptors (Lipinski definition) is 7. The lowest BCUT2D eigenvalue weighted by Crippen LogP contribution is -2.35. The standard InChI is InChI=1S/C28H30F3N5O3S/c1-27(32,16-19-9-5-3-6-10-19)26-36-35-25(39-26)23-14-20(13-21(15-23)18-40(37,38)33-2)17-34-24(28(29,30)31)22-11-7-4-8-12-22/h3-15,24,33-34H,16-18,32H2,1-2H3/t24?,27-/m1/s1. The van der Waals surface area contributed by atoms with E-state index in [2.05, 4.69) is 20.2 Å². The second kappa shape index (κ2) is 11.9. The van der Waals surface area contributed by atoms with Crippen LogP contribution in [-0.4, -0.2) is 31.8 Å². The van der Waals surface area contributed by atoms with Crippen molar-refractivity contribution >= 4 is 10.0 Å². The number of nitrogens with two attached hydrogens (primary N) is 1. The summed E-state index contributed by atoms with van der Waals surface area (Å²) < 4.78 is 74.3. The van der Waals surface area contributed by atoms with Gasteiger partial charge in [-0.1, -0.05) is 66.7 Å². The van der Waals surface area contributed by atoms with Crippen molar-refractivity contribution in [2.24, 2.45) is 5.73 Å². The van der Waals surface area contributed by atoms with Crippen LogP contribution in [0.25, 0.3) is 11.5 Å². The molecule has 0 aliphatic rings. The lowest BCUT2D eigenvalue weighted by atomic mass is 9.94. The molecule has 0 spiro atoms. The lowest BCUT2D eigenvalue weighted by Gasteiger charge is -2.22. The third-order valence-electron chi connectivity index (χ3n) is 6.27. The van der Waals surface area contributed by atoms with Gasteiger partial charge in [0.05, 0.1) is 11.3 Å². The van der Waals surface area contributed by atoms with E-state index in [0.29, 0.717) is 23.1 Å². The SMILES string of the molecule is CNS(=O)(=O)Cc1cc(CNC(c2ccccc2)C(F)(F)F)cc(-c2nnc([C@](C)(N)Cc3ccccc3)o2)c1. The second-order valence-electron chi connectivity index (χ2n) is 9.76. The van der Waals surface area contributed by atoms with Gasteiger partial charge < -0.3 is 10.2 Å². The molecule has 1 heterocycles. The van der Waals surface area contributed by atoms with E-state index in [-0.39, 0.29) is 23.9 Å². The van der Waals surface area contributed by atoms with E-state index < -0.39 is 33.5 Å². The molecule has 2 atom stereocenters. The molecule has 0 bridgehead atoms. The van der Waals surface area contributed by atoms with Gasteiger partial charge in [0.15, 0.2) is 0 Å². The second-order valence-corrected chi connectivity index (χ2v) is 11.7. The van der Waals surface area contributed by atoms with Crippen molar-refractivity contribution in [2.75, 3.05) is 7.05 Å². The van der Waals surface area contributed by atoms with Gasteiger partial charge in [-0.25, -0.2) is 13.1 Å². The molecule has 0 saturated heterocycles. The van der Waals surface area contributed by atoms with E-state index in [1.165, 1.54) is 37.4 Å². The summed E-state index contributed by atoms with van der Waals surface area (Å²) in [6.45, 7) is 1.55. The van der Waals surface area contributed by atoms with Gasteiger partial charge in [-0.15, -0.1) is 10.2 Å². The van der Waals surface area contributed by atoms with E-state index >= 15 is 0 Å². The summed E-state index contributed by atoms with van der Waals surface area (Å²) in [7, 11) is -2.39. The molecule has 0 radical (unpaired) electrons. The number of benzene rings is 3. The summed E-state index contributed by atoms with van der Waals surface area (Å²) in [6.07, 6.45) is -4.13. The Morgan fingerprint density at radius 2 is 1.55 bits per heavy atom. The van der Waals surface area contributed by atoms with Crippen LogP contribution in [0.15, 0.2) is 83.3 Å². The number of alkyl halides is 3. The van der Waals surface area contributed by atoms with E-state index in [0.717, 1.165) is 5.56 Å². The van der Waals surface area contributed by atoms with Gasteiger partial charge in [0, 0.05) is 12.1 Å². The predicted molar refractivity (Wildman–Crippen MR) is 145 cm³/mol. The van der Waals surface area contributed by atoms with E-state index in [9.17, 15) is 21.6 Å². The van der Waals surface area contributed by atoms with Crippen molar-refractivity contribution in [1.29, 1.82) is 0 Å². The van der Waals surface area contributed by atoms with Gasteiger partial charge >= 0.3 is 6.18 Å². The average molecular weight is 574 g/mol. The van der Waals surface area contributed by atoms with Crippen molar-refractivity contribution in [2.45, 2.75) is 43.4 Å². The highest BCUT2D eigenvalue weighted by Gasteiger charge is 2.40. The zero-order valence-electron chi connectivity index (χ0n) is 21.9. The van der Waals surface area contributed by atoms with Crippen LogP contribution in [0.4, 0.5) is 13.2 Å². The zero-order chi connectivity index (χ0) is 29.0. The summed E-state index contributed by atoms with van der Waals surface area (Å²) in [5, 5.41) is 10.8. The first kappa shape index (κ1) is 29.4. The predicted octanol–water partition coefficient (Wildman–Crippen LogP) is 4.60. The molecule has 1 aromatic heterocycles. The smallest absolute Gasteiger partial charge is 0.407 e. The first-order valence-electron chi connectivity index (χ1n) is 12.4. The minimum absolute atomic E-state index is 0.0614. The summed E-state index contributed by atoms with van der Waals surface area (Å²) in [4.78, 5) is 0. The molecule has 0 aliphatic carbocycles. The summed E-state index contributed by atoms with van der Waals surface area (Å²) >= 11 is 0. The van der Waals surface area contributed by atoms with Crippen molar-refractivity contribution in [3.05, 3.63) is 107 Å². The quantitative estimate of drug-likeness (QED) is 0.240. The van der Waals surface area contributed by atoms with Gasteiger partial charge in [-0.05, 0) is 54.8 Å². The van der Waals surface area contributed by atoms with Crippen LogP contribution < -0.4 is 15.8 Å². The summed E-state index contributed by atoms with van der Waals surface area (Å²) in [5.41, 5.74) is 7.63. The number of rotatable bonds is 11. The van der Waals surface area contributed by atoms with E-state index in [1.807, 2.05) is 30.3 Å². The number of nitrogens with one attached hydrogen (secondary N) is 2. The van der Waals surface area contributed by atoms with Crippen molar-refractivity contribution in [1.82, 2.24) is 20.2 Å². The van der Waals surface area contributed by atoms with Crippen LogP contribution >= 0.6 is 0 Å². The molecule has 1 unspecified atom stereocenters. The molecule has 4 N–H and O–H groups in total. The van der Waals surface area contributed by atoms with Crippen LogP contribution in [0.1, 0.15) is 41.1 Å². The van der Waals surface area contributed by atoms with Gasteiger partial charge in [0.25, 0.3) is 0 Å². The Balaban J connectivity index is 1.65. The highest BCUT2D eigenvalue weighted by Crippen LogP contribution is 2.33. The monoisotopic (exact) mass is 573 g/mol. The van der Waals surface area contributed by atoms with Gasteiger partial charge in [0.1, 0.15) is 6.04 Å². The molecule has 212 valence electrons. The molecule has 3 aromatic carbocycles. The van der Waals surface area contributed by atoms with Crippen LogP contribution in [0.2, 0.25) is 0 Å². The third kappa shape index (κ3) is 7.54. The highest BCUT2D eigenvalue weighted by molar-refractivity contribution is 7.88. The Labute approximate surface area is 230 Å². The first-order chi connectivity index (χ1) is 18.9. The summed E-state index contributed by atoms with van der Waals surface area (Å²) in [5.74, 6) is -0.157. The fourth-order valence-corrected chi connectivity index (χ4v) is 5.07. The largest absolute Gasteiger partial charge is 0.419 e. The average Bonchev–Trinajstić information content (AvgIpc) is 3.40. The van der Waals surface area contributed by atoms with Crippen molar-refractivity contribution in [3.63, 3.8) is 0 Å². The lowest BCUT2D eigenvalue weighted by molar-refractivity contribution is -0.158. The van der Waals surface area contributed by atoms with Crippen LogP contribution in [0.5, 0.6) is 0 Å². The fourth-order valence-electron chi connectivity index (χ4n) is 4.32.